The van der Waals surface area contributed by atoms with E-state index >= 15 is 0 Å². The van der Waals surface area contributed by atoms with E-state index in [2.05, 4.69) is 13.8 Å². The monoisotopic (exact) mass is 286 g/mol. The minimum absolute atomic E-state index is 0.0612. The van der Waals surface area contributed by atoms with E-state index in [4.69, 9.17) is 11.6 Å². The van der Waals surface area contributed by atoms with E-state index in [1.807, 2.05) is 12.1 Å². The van der Waals surface area contributed by atoms with Gasteiger partial charge in [0.25, 0.3) is 0 Å². The second-order valence-corrected chi connectivity index (χ2v) is 7.78. The summed E-state index contributed by atoms with van der Waals surface area (Å²) in [5.74, 6) is 1.57. The first-order chi connectivity index (χ1) is 8.45. The van der Waals surface area contributed by atoms with Crippen LogP contribution in [0.15, 0.2) is 29.2 Å². The van der Waals surface area contributed by atoms with Crippen LogP contribution in [0.25, 0.3) is 0 Å². The molecule has 1 heterocycles. The van der Waals surface area contributed by atoms with Crippen molar-refractivity contribution in [3.63, 3.8) is 0 Å². The number of rotatable bonds is 4. The molecule has 18 heavy (non-hydrogen) atoms. The van der Waals surface area contributed by atoms with Gasteiger partial charge >= 0.3 is 0 Å². The maximum absolute atomic E-state index is 12.1. The van der Waals surface area contributed by atoms with Crippen LogP contribution < -0.4 is 0 Å². The van der Waals surface area contributed by atoms with Crippen LogP contribution in [0.5, 0.6) is 0 Å². The molecule has 0 radical (unpaired) electrons. The molecule has 100 valence electrons. The highest BCUT2D eigenvalue weighted by Gasteiger charge is 2.38. The summed E-state index contributed by atoms with van der Waals surface area (Å²) in [6.45, 7) is 4.30. The van der Waals surface area contributed by atoms with Gasteiger partial charge in [0.1, 0.15) is 0 Å². The molecule has 0 aromatic heterocycles. The maximum Gasteiger partial charge on any atom is 0.179 e. The Morgan fingerprint density at radius 2 is 2.00 bits per heavy atom. The van der Waals surface area contributed by atoms with Gasteiger partial charge in [0.15, 0.2) is 9.84 Å². The van der Waals surface area contributed by atoms with Crippen LogP contribution >= 0.6 is 11.6 Å². The lowest BCUT2D eigenvalue weighted by molar-refractivity contribution is 0.395. The number of benzene rings is 1. The van der Waals surface area contributed by atoms with Gasteiger partial charge in [-0.25, -0.2) is 8.42 Å². The first-order valence-corrected chi connectivity index (χ1v) is 8.52. The highest BCUT2D eigenvalue weighted by molar-refractivity contribution is 7.91. The van der Waals surface area contributed by atoms with Gasteiger partial charge < -0.3 is 0 Å². The van der Waals surface area contributed by atoms with Crippen molar-refractivity contribution in [2.24, 2.45) is 11.8 Å². The van der Waals surface area contributed by atoms with E-state index in [0.29, 0.717) is 16.7 Å². The van der Waals surface area contributed by atoms with Gasteiger partial charge in [-0.1, -0.05) is 32.0 Å². The summed E-state index contributed by atoms with van der Waals surface area (Å²) in [6.07, 6.45) is 0.970. The second kappa shape index (κ2) is 5.22. The van der Waals surface area contributed by atoms with Gasteiger partial charge in [-0.2, -0.15) is 0 Å². The zero-order chi connectivity index (χ0) is 13.3. The Morgan fingerprint density at radius 3 is 2.61 bits per heavy atom. The maximum atomic E-state index is 12.1. The Balaban J connectivity index is 2.37. The van der Waals surface area contributed by atoms with Gasteiger partial charge in [-0.3, -0.25) is 0 Å². The van der Waals surface area contributed by atoms with E-state index in [0.717, 1.165) is 12.0 Å². The fourth-order valence-corrected chi connectivity index (χ4v) is 5.13. The molecule has 0 saturated heterocycles. The molecule has 0 fully saturated rings. The smallest absolute Gasteiger partial charge is 0.179 e. The van der Waals surface area contributed by atoms with Crippen molar-refractivity contribution in [3.05, 3.63) is 29.8 Å². The number of alkyl halides is 1. The first kappa shape index (κ1) is 13.9. The summed E-state index contributed by atoms with van der Waals surface area (Å²) >= 11 is 6.06. The number of hydrogen-bond donors (Lipinski definition) is 0. The van der Waals surface area contributed by atoms with Crippen molar-refractivity contribution in [1.29, 1.82) is 0 Å². The molecule has 4 heteroatoms. The Bertz CT molecular complexity index is 522. The third-order valence-electron chi connectivity index (χ3n) is 3.59. The van der Waals surface area contributed by atoms with E-state index in [1.54, 1.807) is 12.1 Å². The molecule has 2 unspecified atom stereocenters. The average molecular weight is 287 g/mol. The molecule has 1 aromatic rings. The summed E-state index contributed by atoms with van der Waals surface area (Å²) in [7, 11) is -3.10. The van der Waals surface area contributed by atoms with Crippen LogP contribution in [0.4, 0.5) is 0 Å². The molecular weight excluding hydrogens is 268 g/mol. The standard InChI is InChI=1S/C14H19ClO2S/c1-10(2)7-11(8-15)13-9-18(16,17)14-6-4-3-5-12(13)14/h3-6,10-11,13H,7-9H2,1-2H3. The predicted molar refractivity (Wildman–Crippen MR) is 74.9 cm³/mol. The Kier molecular flexibility index (Phi) is 4.02. The summed E-state index contributed by atoms with van der Waals surface area (Å²) in [5, 5.41) is 0. The fourth-order valence-electron chi connectivity index (χ4n) is 2.82. The number of hydrogen-bond acceptors (Lipinski definition) is 2. The Labute approximate surface area is 114 Å². The minimum Gasteiger partial charge on any atom is -0.224 e. The van der Waals surface area contributed by atoms with Gasteiger partial charge in [0.2, 0.25) is 0 Å². The largest absolute Gasteiger partial charge is 0.224 e. The topological polar surface area (TPSA) is 34.1 Å². The second-order valence-electron chi connectivity index (χ2n) is 5.47. The average Bonchev–Trinajstić information content (AvgIpc) is 2.59. The number of halogens is 1. The van der Waals surface area contributed by atoms with Crippen LogP contribution in [0, 0.1) is 11.8 Å². The van der Waals surface area contributed by atoms with Crippen molar-refractivity contribution in [1.82, 2.24) is 0 Å². The summed E-state index contributed by atoms with van der Waals surface area (Å²) in [4.78, 5) is 0.508. The summed E-state index contributed by atoms with van der Waals surface area (Å²) < 4.78 is 24.3. The van der Waals surface area contributed by atoms with Crippen LogP contribution in [-0.2, 0) is 9.84 Å². The van der Waals surface area contributed by atoms with E-state index in [1.165, 1.54) is 0 Å². The van der Waals surface area contributed by atoms with E-state index in [9.17, 15) is 8.42 Å². The normalized spacial score (nSPS) is 23.0. The quantitative estimate of drug-likeness (QED) is 0.795. The molecule has 0 N–H and O–H groups in total. The van der Waals surface area contributed by atoms with Crippen LogP contribution in [0.2, 0.25) is 0 Å². The van der Waals surface area contributed by atoms with Crippen molar-refractivity contribution < 1.29 is 8.42 Å². The predicted octanol–water partition coefficient (Wildman–Crippen LogP) is 3.46. The third kappa shape index (κ3) is 2.57. The van der Waals surface area contributed by atoms with Gasteiger partial charge in [-0.15, -0.1) is 11.6 Å². The number of fused-ring (bicyclic) bond motifs is 1. The van der Waals surface area contributed by atoms with E-state index < -0.39 is 9.84 Å². The number of sulfone groups is 1. The molecule has 1 aliphatic rings. The fraction of sp³-hybridized carbons (Fsp3) is 0.571. The molecule has 1 aliphatic heterocycles. The van der Waals surface area contributed by atoms with Gasteiger partial charge in [0, 0.05) is 11.8 Å². The molecule has 1 aromatic carbocycles. The van der Waals surface area contributed by atoms with Crippen LogP contribution in [0.1, 0.15) is 31.7 Å². The first-order valence-electron chi connectivity index (χ1n) is 6.33. The molecule has 0 bridgehead atoms. The molecule has 2 nitrogen and oxygen atoms in total. The van der Waals surface area contributed by atoms with Crippen LogP contribution in [0.3, 0.4) is 0 Å². The van der Waals surface area contributed by atoms with Crippen molar-refractivity contribution in [3.8, 4) is 0 Å². The zero-order valence-electron chi connectivity index (χ0n) is 10.8. The molecule has 0 spiro atoms. The van der Waals surface area contributed by atoms with Crippen molar-refractivity contribution >= 4 is 21.4 Å². The third-order valence-corrected chi connectivity index (χ3v) is 5.83. The zero-order valence-corrected chi connectivity index (χ0v) is 12.3. The van der Waals surface area contributed by atoms with Crippen molar-refractivity contribution in [2.75, 3.05) is 11.6 Å². The van der Waals surface area contributed by atoms with E-state index in [-0.39, 0.29) is 17.6 Å². The molecule has 0 aliphatic carbocycles. The van der Waals surface area contributed by atoms with Gasteiger partial charge in [0.05, 0.1) is 10.6 Å². The lowest BCUT2D eigenvalue weighted by Crippen LogP contribution is -2.18. The Morgan fingerprint density at radius 1 is 1.33 bits per heavy atom. The molecular formula is C14H19ClO2S. The SMILES string of the molecule is CC(C)CC(CCl)C1CS(=O)(=O)c2ccccc21. The highest BCUT2D eigenvalue weighted by Crippen LogP contribution is 2.41. The summed E-state index contributed by atoms with van der Waals surface area (Å²) in [6, 6.07) is 7.35. The molecule has 0 saturated carbocycles. The molecule has 2 atom stereocenters. The highest BCUT2D eigenvalue weighted by atomic mass is 35.5. The summed E-state index contributed by atoms with van der Waals surface area (Å²) in [5.41, 5.74) is 0.962. The Hall–Kier alpha value is -0.540. The molecule has 2 rings (SSSR count). The van der Waals surface area contributed by atoms with Gasteiger partial charge in [-0.05, 0) is 29.9 Å². The lowest BCUT2D eigenvalue weighted by atomic mass is 9.83. The minimum atomic E-state index is -3.10. The van der Waals surface area contributed by atoms with Crippen molar-refractivity contribution in [2.45, 2.75) is 31.1 Å². The lowest BCUT2D eigenvalue weighted by Gasteiger charge is -2.23. The molecule has 0 amide bonds. The van der Waals surface area contributed by atoms with Crippen LogP contribution in [-0.4, -0.2) is 20.1 Å².